The molecule has 0 aliphatic heterocycles. The molecule has 10 heteroatoms. The molecule has 0 radical (unpaired) electrons. The van der Waals surface area contributed by atoms with Gasteiger partial charge < -0.3 is 27.9 Å². The van der Waals surface area contributed by atoms with Crippen LogP contribution in [0, 0.1) is 0 Å². The van der Waals surface area contributed by atoms with E-state index in [1.165, 1.54) is 96.3 Å². The SMILES string of the molecule is CC/C=C/C=C/C=C/C=C/CCCCCC(=O)OC(COC(=O)CCCCCCCCC/C=C/CCCCCCCCCCCCC)COP(=O)([O-])OCC[N+](C)(C)C. The molecule has 0 aromatic heterocycles. The molecule has 0 fully saturated rings. The number of ether oxygens (including phenoxy) is 2. The Labute approximate surface area is 362 Å². The normalized spacial score (nSPS) is 14.1. The number of quaternary nitrogens is 1. The van der Waals surface area contributed by atoms with Crippen LogP contribution in [-0.4, -0.2) is 70.0 Å². The minimum Gasteiger partial charge on any atom is -0.756 e. The molecule has 2 unspecified atom stereocenters. The lowest BCUT2D eigenvalue weighted by atomic mass is 10.0. The summed E-state index contributed by atoms with van der Waals surface area (Å²) in [7, 11) is 1.13. The van der Waals surface area contributed by atoms with Gasteiger partial charge in [0, 0.05) is 12.8 Å². The number of phosphoric ester groups is 1. The third-order valence-corrected chi connectivity index (χ3v) is 10.8. The lowest BCUT2D eigenvalue weighted by Gasteiger charge is -2.28. The van der Waals surface area contributed by atoms with Crippen LogP contribution in [0.3, 0.4) is 0 Å². The fourth-order valence-electron chi connectivity index (χ4n) is 6.19. The van der Waals surface area contributed by atoms with Crippen molar-refractivity contribution in [3.05, 3.63) is 60.8 Å². The number of allylic oxidation sites excluding steroid dienone is 10. The number of carbonyl (C=O) groups excluding carboxylic acids is 2. The second kappa shape index (κ2) is 41.1. The van der Waals surface area contributed by atoms with E-state index >= 15 is 0 Å². The molecule has 0 aliphatic carbocycles. The predicted molar refractivity (Wildman–Crippen MR) is 245 cm³/mol. The molecule has 0 rings (SSSR count). The molecule has 9 nitrogen and oxygen atoms in total. The van der Waals surface area contributed by atoms with E-state index < -0.39 is 32.5 Å². The van der Waals surface area contributed by atoms with E-state index in [2.05, 4.69) is 38.2 Å². The number of hydrogen-bond donors (Lipinski definition) is 0. The molecular weight excluding hydrogens is 762 g/mol. The van der Waals surface area contributed by atoms with Gasteiger partial charge in [0.25, 0.3) is 7.82 Å². The Hall–Kier alpha value is -2.29. The van der Waals surface area contributed by atoms with Crippen LogP contribution in [0.2, 0.25) is 0 Å². The van der Waals surface area contributed by atoms with E-state index in [-0.39, 0.29) is 26.1 Å². The molecule has 0 spiro atoms. The number of esters is 2. The Kier molecular flexibility index (Phi) is 39.5. The highest BCUT2D eigenvalue weighted by Crippen LogP contribution is 2.38. The quantitative estimate of drug-likeness (QED) is 0.0149. The van der Waals surface area contributed by atoms with Gasteiger partial charge in [-0.05, 0) is 57.8 Å². The highest BCUT2D eigenvalue weighted by atomic mass is 31.2. The number of phosphoric acid groups is 1. The molecule has 0 aliphatic rings. The molecule has 0 bridgehead atoms. The summed E-state index contributed by atoms with van der Waals surface area (Å²) >= 11 is 0. The van der Waals surface area contributed by atoms with Crippen LogP contribution in [0.5, 0.6) is 0 Å². The molecule has 0 saturated carbocycles. The molecule has 59 heavy (non-hydrogen) atoms. The lowest BCUT2D eigenvalue weighted by molar-refractivity contribution is -0.870. The number of unbranched alkanes of at least 4 members (excludes halogenated alkanes) is 21. The fourth-order valence-corrected chi connectivity index (χ4v) is 6.92. The van der Waals surface area contributed by atoms with Gasteiger partial charge in [-0.15, -0.1) is 0 Å². The van der Waals surface area contributed by atoms with Crippen molar-refractivity contribution in [2.24, 2.45) is 0 Å². The second-order valence-electron chi connectivity index (χ2n) is 16.8. The minimum atomic E-state index is -4.64. The first kappa shape index (κ1) is 56.7. The largest absolute Gasteiger partial charge is 0.756 e. The van der Waals surface area contributed by atoms with E-state index in [0.29, 0.717) is 17.4 Å². The maximum Gasteiger partial charge on any atom is 0.306 e. The van der Waals surface area contributed by atoms with Gasteiger partial charge in [-0.3, -0.25) is 14.2 Å². The molecule has 0 aromatic carbocycles. The highest BCUT2D eigenvalue weighted by molar-refractivity contribution is 7.45. The number of hydrogen-bond acceptors (Lipinski definition) is 8. The third kappa shape index (κ3) is 45.1. The Balaban J connectivity index is 4.29. The minimum absolute atomic E-state index is 0.0419. The van der Waals surface area contributed by atoms with Crippen molar-refractivity contribution in [3.63, 3.8) is 0 Å². The maximum atomic E-state index is 12.6. The zero-order valence-electron chi connectivity index (χ0n) is 38.4. The average molecular weight is 850 g/mol. The van der Waals surface area contributed by atoms with E-state index in [1.807, 2.05) is 57.6 Å². The van der Waals surface area contributed by atoms with Gasteiger partial charge in [0.05, 0.1) is 27.7 Å². The van der Waals surface area contributed by atoms with Crippen LogP contribution in [-0.2, 0) is 32.7 Å². The predicted octanol–water partition coefficient (Wildman–Crippen LogP) is 13.0. The number of nitrogens with zero attached hydrogens (tertiary/aromatic N) is 1. The van der Waals surface area contributed by atoms with Crippen molar-refractivity contribution in [1.29, 1.82) is 0 Å². The molecule has 0 aromatic rings. The van der Waals surface area contributed by atoms with Crippen molar-refractivity contribution in [2.75, 3.05) is 47.5 Å². The van der Waals surface area contributed by atoms with E-state index in [4.69, 9.17) is 18.5 Å². The van der Waals surface area contributed by atoms with Gasteiger partial charge in [0.2, 0.25) is 0 Å². The van der Waals surface area contributed by atoms with Crippen molar-refractivity contribution in [3.8, 4) is 0 Å². The molecule has 0 N–H and O–H groups in total. The Morgan fingerprint density at radius 2 is 0.983 bits per heavy atom. The van der Waals surface area contributed by atoms with Crippen molar-refractivity contribution >= 4 is 19.8 Å². The average Bonchev–Trinajstić information content (AvgIpc) is 3.19. The van der Waals surface area contributed by atoms with E-state index in [9.17, 15) is 19.0 Å². The molecule has 0 saturated heterocycles. The van der Waals surface area contributed by atoms with Gasteiger partial charge >= 0.3 is 11.9 Å². The molecule has 2 atom stereocenters. The van der Waals surface area contributed by atoms with Crippen molar-refractivity contribution < 1.29 is 42.1 Å². The summed E-state index contributed by atoms with van der Waals surface area (Å²) < 4.78 is 33.9. The third-order valence-electron chi connectivity index (χ3n) is 9.87. The fraction of sp³-hybridized carbons (Fsp3) is 0.755. The summed E-state index contributed by atoms with van der Waals surface area (Å²) in [6.07, 6.45) is 49.8. The number of rotatable bonds is 42. The first-order valence-corrected chi connectivity index (χ1v) is 25.0. The van der Waals surface area contributed by atoms with Crippen LogP contribution in [0.4, 0.5) is 0 Å². The second-order valence-corrected chi connectivity index (χ2v) is 18.2. The van der Waals surface area contributed by atoms with E-state index in [1.54, 1.807) is 0 Å². The molecule has 0 heterocycles. The van der Waals surface area contributed by atoms with Crippen molar-refractivity contribution in [1.82, 2.24) is 0 Å². The molecule has 0 amide bonds. The summed E-state index contributed by atoms with van der Waals surface area (Å²) in [5, 5.41) is 0. The summed E-state index contributed by atoms with van der Waals surface area (Å²) in [6, 6.07) is 0. The van der Waals surface area contributed by atoms with Crippen LogP contribution >= 0.6 is 7.82 Å². The molecule has 342 valence electrons. The van der Waals surface area contributed by atoms with E-state index in [0.717, 1.165) is 57.8 Å². The van der Waals surface area contributed by atoms with Crippen LogP contribution in [0.15, 0.2) is 60.8 Å². The first-order valence-electron chi connectivity index (χ1n) is 23.5. The molecular formula is C49H88NO8P. The summed E-state index contributed by atoms with van der Waals surface area (Å²) in [6.45, 7) is 4.03. The summed E-state index contributed by atoms with van der Waals surface area (Å²) in [4.78, 5) is 37.5. The first-order chi connectivity index (χ1) is 28.5. The van der Waals surface area contributed by atoms with Crippen molar-refractivity contribution in [2.45, 2.75) is 193 Å². The van der Waals surface area contributed by atoms with Crippen LogP contribution in [0.1, 0.15) is 187 Å². The Morgan fingerprint density at radius 3 is 1.51 bits per heavy atom. The summed E-state index contributed by atoms with van der Waals surface area (Å²) in [5.74, 6) is -0.887. The lowest BCUT2D eigenvalue weighted by Crippen LogP contribution is -2.37. The highest BCUT2D eigenvalue weighted by Gasteiger charge is 2.21. The van der Waals surface area contributed by atoms with Crippen LogP contribution in [0.25, 0.3) is 0 Å². The zero-order valence-corrected chi connectivity index (χ0v) is 39.3. The Morgan fingerprint density at radius 1 is 0.542 bits per heavy atom. The number of likely N-dealkylation sites (N-methyl/N-ethyl adjacent to an activating group) is 1. The monoisotopic (exact) mass is 850 g/mol. The van der Waals surface area contributed by atoms with Gasteiger partial charge in [-0.25, -0.2) is 0 Å². The van der Waals surface area contributed by atoms with Gasteiger partial charge in [-0.2, -0.15) is 0 Å². The standard InChI is InChI=1S/C49H88NO8P/c1-6-8-10-12-14-16-18-20-21-22-23-24-25-26-27-28-30-31-33-35-37-39-41-48(51)55-45-47(46-57-59(53,54)56-44-43-50(3,4)5)58-49(52)42-40-38-36-34-32-29-19-17-15-13-11-9-7-2/h9,11,13,15,17,19,25-26,29,32,47H,6-8,10,12,14,16,18,20-24,27-28,30-31,33-46H2,1-5H3/b11-9+,15-13+,19-17+,26-25+,32-29+. The topological polar surface area (TPSA) is 111 Å². The Bertz CT molecular complexity index is 1190. The van der Waals surface area contributed by atoms with Gasteiger partial charge in [-0.1, -0.05) is 177 Å². The maximum absolute atomic E-state index is 12.6. The van der Waals surface area contributed by atoms with Gasteiger partial charge in [0.1, 0.15) is 19.8 Å². The summed E-state index contributed by atoms with van der Waals surface area (Å²) in [5.41, 5.74) is 0. The van der Waals surface area contributed by atoms with Crippen LogP contribution < -0.4 is 4.89 Å². The smallest absolute Gasteiger partial charge is 0.306 e. The van der Waals surface area contributed by atoms with Gasteiger partial charge in [0.15, 0.2) is 6.10 Å². The number of carbonyl (C=O) groups is 2. The zero-order chi connectivity index (χ0) is 43.6.